The van der Waals surface area contributed by atoms with Gasteiger partial charge in [-0.05, 0) is 56.9 Å². The van der Waals surface area contributed by atoms with E-state index in [1.807, 2.05) is 87.5 Å². The van der Waals surface area contributed by atoms with E-state index in [0.717, 1.165) is 61.0 Å². The molecule has 1 atom stereocenters. The summed E-state index contributed by atoms with van der Waals surface area (Å²) in [5.41, 5.74) is 3.82. The average molecular weight is 654 g/mol. The van der Waals surface area contributed by atoms with Crippen LogP contribution < -0.4 is 14.6 Å². The molecule has 1 aromatic heterocycles. The molecule has 0 bridgehead atoms. The topological polar surface area (TPSA) is 95.6 Å². The molecule has 0 saturated heterocycles. The van der Waals surface area contributed by atoms with Crippen LogP contribution in [0, 0.1) is 5.82 Å². The number of anilines is 1. The Morgan fingerprint density at radius 3 is 2.27 bits per heavy atom. The van der Waals surface area contributed by atoms with Crippen molar-refractivity contribution in [2.45, 2.75) is 83.7 Å². The van der Waals surface area contributed by atoms with Gasteiger partial charge in [0.1, 0.15) is 17.6 Å². The second-order valence-corrected chi connectivity index (χ2v) is 13.4. The molecule has 1 amide bonds. The summed E-state index contributed by atoms with van der Waals surface area (Å²) in [4.78, 5) is 31.6. The van der Waals surface area contributed by atoms with Crippen molar-refractivity contribution in [3.05, 3.63) is 108 Å². The minimum absolute atomic E-state index is 0.104. The van der Waals surface area contributed by atoms with Crippen molar-refractivity contribution in [1.29, 1.82) is 0 Å². The molecule has 5 rings (SSSR count). The first-order valence-electron chi connectivity index (χ1n) is 16.9. The molecule has 0 fully saturated rings. The lowest BCUT2D eigenvalue weighted by Gasteiger charge is -2.33. The molecule has 1 aliphatic rings. The zero-order valence-corrected chi connectivity index (χ0v) is 28.1. The van der Waals surface area contributed by atoms with Crippen molar-refractivity contribution in [3.8, 4) is 17.0 Å². The molecule has 2 heterocycles. The monoisotopic (exact) mass is 653 g/mol. The highest BCUT2D eigenvalue weighted by molar-refractivity contribution is 5.82. The number of aromatic nitrogens is 2. The lowest BCUT2D eigenvalue weighted by atomic mass is 10.1. The zero-order valence-electron chi connectivity index (χ0n) is 28.1. The van der Waals surface area contributed by atoms with Gasteiger partial charge in [-0.3, -0.25) is 5.32 Å². The molecule has 1 unspecified atom stereocenters. The van der Waals surface area contributed by atoms with Gasteiger partial charge in [-0.1, -0.05) is 92.4 Å². The van der Waals surface area contributed by atoms with Gasteiger partial charge in [0.2, 0.25) is 0 Å². The Labute approximate surface area is 282 Å². The summed E-state index contributed by atoms with van der Waals surface area (Å²) >= 11 is 0. The Bertz CT molecular complexity index is 1690. The Kier molecular flexibility index (Phi) is 11.4. The summed E-state index contributed by atoms with van der Waals surface area (Å²) < 4.78 is 22.5. The fraction of sp³-hybridized carbons (Fsp3) is 0.385. The standard InChI is InChI=1S/C39H45FN4O4/c1-39(2,3)44(38(46)47)22-14-6-4-5-7-15-23-48-35-21-20-29(24-31(35)40)26-33-37(45)43-27-34(30-18-12-9-13-19-30)41-32(36(43)42-33)25-28-16-10-8-11-17-28/h8-13,16-21,24,27,33H,4-7,14-15,22-23,25-26H2,1-3H3,(H,46,47)/p+1. The van der Waals surface area contributed by atoms with Gasteiger partial charge in [-0.25, -0.2) is 19.0 Å². The predicted molar refractivity (Wildman–Crippen MR) is 185 cm³/mol. The van der Waals surface area contributed by atoms with E-state index in [2.05, 4.69) is 5.32 Å². The fourth-order valence-electron chi connectivity index (χ4n) is 6.08. The fourth-order valence-corrected chi connectivity index (χ4v) is 6.08. The van der Waals surface area contributed by atoms with Crippen LogP contribution in [0.3, 0.4) is 0 Å². The zero-order chi connectivity index (χ0) is 34.1. The summed E-state index contributed by atoms with van der Waals surface area (Å²) in [5.74, 6) is 0.330. The molecular weight excluding hydrogens is 607 g/mol. The first-order chi connectivity index (χ1) is 23.1. The molecule has 0 radical (unpaired) electrons. The van der Waals surface area contributed by atoms with E-state index in [9.17, 15) is 14.7 Å². The van der Waals surface area contributed by atoms with Crippen LogP contribution in [-0.4, -0.2) is 51.7 Å². The number of hydrogen-bond donors (Lipinski definition) is 2. The summed E-state index contributed by atoms with van der Waals surface area (Å²) in [6.07, 6.45) is 7.41. The van der Waals surface area contributed by atoms with Gasteiger partial charge < -0.3 is 14.7 Å². The van der Waals surface area contributed by atoms with E-state index in [1.165, 1.54) is 11.0 Å². The number of carbonyl (C=O) groups excluding carboxylic acids is 1. The number of unbranched alkanes of at least 4 members (excludes halogenated alkanes) is 5. The lowest BCUT2D eigenvalue weighted by molar-refractivity contribution is -0.552. The van der Waals surface area contributed by atoms with Crippen molar-refractivity contribution in [2.24, 2.45) is 0 Å². The smallest absolute Gasteiger partial charge is 0.407 e. The number of hydrogen-bond acceptors (Lipinski definition) is 5. The second kappa shape index (κ2) is 15.9. The van der Waals surface area contributed by atoms with Crippen LogP contribution in [0.4, 0.5) is 15.0 Å². The number of halogens is 1. The van der Waals surface area contributed by atoms with Crippen molar-refractivity contribution in [3.63, 3.8) is 0 Å². The molecule has 0 spiro atoms. The maximum Gasteiger partial charge on any atom is 0.407 e. The summed E-state index contributed by atoms with van der Waals surface area (Å²) in [6, 6.07) is 24.2. The molecule has 9 heteroatoms. The number of fused-ring (bicyclic) bond motifs is 1. The van der Waals surface area contributed by atoms with Gasteiger partial charge in [0.15, 0.2) is 17.6 Å². The highest BCUT2D eigenvalue weighted by Crippen LogP contribution is 2.26. The van der Waals surface area contributed by atoms with E-state index < -0.39 is 23.5 Å². The molecule has 3 aromatic carbocycles. The van der Waals surface area contributed by atoms with Gasteiger partial charge in [-0.2, -0.15) is 4.57 Å². The lowest BCUT2D eigenvalue weighted by Crippen LogP contribution is -2.45. The Hall–Kier alpha value is -4.79. The Morgan fingerprint density at radius 2 is 1.60 bits per heavy atom. The van der Waals surface area contributed by atoms with E-state index in [4.69, 9.17) is 9.72 Å². The molecule has 252 valence electrons. The minimum Gasteiger partial charge on any atom is -0.491 e. The molecule has 0 saturated carbocycles. The number of carbonyl (C=O) groups is 2. The molecule has 0 aliphatic carbocycles. The van der Waals surface area contributed by atoms with Crippen LogP contribution in [0.1, 0.15) is 80.9 Å². The van der Waals surface area contributed by atoms with Crippen LogP contribution in [0.2, 0.25) is 0 Å². The van der Waals surface area contributed by atoms with Crippen LogP contribution in [0.25, 0.3) is 11.3 Å². The van der Waals surface area contributed by atoms with Gasteiger partial charge in [0.05, 0.1) is 6.61 Å². The van der Waals surface area contributed by atoms with Gasteiger partial charge in [-0.15, -0.1) is 0 Å². The van der Waals surface area contributed by atoms with E-state index in [0.29, 0.717) is 37.4 Å². The molecule has 2 N–H and O–H groups in total. The van der Waals surface area contributed by atoms with Crippen molar-refractivity contribution in [2.75, 3.05) is 18.5 Å². The average Bonchev–Trinajstić information content (AvgIpc) is 3.37. The summed E-state index contributed by atoms with van der Waals surface area (Å²) in [5, 5.41) is 12.8. The third kappa shape index (κ3) is 8.97. The quantitative estimate of drug-likeness (QED) is 0.0999. The molecule has 1 aliphatic heterocycles. The largest absolute Gasteiger partial charge is 0.491 e. The maximum atomic E-state index is 15.1. The first-order valence-corrected chi connectivity index (χ1v) is 16.9. The molecular formula is C39H46FN4O4+. The van der Waals surface area contributed by atoms with Crippen LogP contribution in [0.5, 0.6) is 5.75 Å². The number of rotatable bonds is 15. The van der Waals surface area contributed by atoms with Gasteiger partial charge in [0, 0.05) is 30.5 Å². The highest BCUT2D eigenvalue weighted by atomic mass is 19.1. The van der Waals surface area contributed by atoms with E-state index in [1.54, 1.807) is 16.8 Å². The Morgan fingerprint density at radius 1 is 0.938 bits per heavy atom. The molecule has 48 heavy (non-hydrogen) atoms. The third-order valence-electron chi connectivity index (χ3n) is 8.66. The van der Waals surface area contributed by atoms with Crippen LogP contribution in [0.15, 0.2) is 85.1 Å². The first kappa shape index (κ1) is 34.5. The van der Waals surface area contributed by atoms with Crippen molar-refractivity contribution in [1.82, 2.24) is 9.88 Å². The van der Waals surface area contributed by atoms with Crippen molar-refractivity contribution < 1.29 is 28.4 Å². The van der Waals surface area contributed by atoms with E-state index >= 15 is 4.39 Å². The van der Waals surface area contributed by atoms with Crippen molar-refractivity contribution >= 4 is 17.8 Å². The number of benzene rings is 3. The summed E-state index contributed by atoms with van der Waals surface area (Å²) in [6.45, 7) is 6.68. The highest BCUT2D eigenvalue weighted by Gasteiger charge is 2.41. The molecule has 4 aromatic rings. The summed E-state index contributed by atoms with van der Waals surface area (Å²) in [7, 11) is 0. The van der Waals surface area contributed by atoms with Gasteiger partial charge in [0.25, 0.3) is 0 Å². The molecule has 8 nitrogen and oxygen atoms in total. The minimum atomic E-state index is -0.878. The van der Waals surface area contributed by atoms with Crippen LogP contribution in [-0.2, 0) is 12.8 Å². The second-order valence-electron chi connectivity index (χ2n) is 13.4. The Balaban J connectivity index is 1.13. The SMILES string of the molecule is CC(C)(C)N(CCCCCCCCOc1ccc(CC2Nc3c(Cc4ccccc4)nc(-c4ccccc4)c[n+]3C2=O)cc1F)C(=O)O. The number of ether oxygens (including phenoxy) is 1. The predicted octanol–water partition coefficient (Wildman–Crippen LogP) is 7.94. The third-order valence-corrected chi connectivity index (χ3v) is 8.66. The number of nitrogens with zero attached hydrogens (tertiary/aromatic N) is 3. The normalized spacial score (nSPS) is 14.0. The van der Waals surface area contributed by atoms with Gasteiger partial charge >= 0.3 is 17.8 Å². The maximum absolute atomic E-state index is 15.1. The number of nitrogens with one attached hydrogen (secondary N) is 1. The van der Waals surface area contributed by atoms with Crippen LogP contribution >= 0.6 is 0 Å². The van der Waals surface area contributed by atoms with E-state index in [-0.39, 0.29) is 11.7 Å². The number of amides is 1. The number of carboxylic acid groups (broad SMARTS) is 1.